The second kappa shape index (κ2) is 6.34. The summed E-state index contributed by atoms with van der Waals surface area (Å²) in [5, 5.41) is 10.4. The van der Waals surface area contributed by atoms with Crippen molar-refractivity contribution in [2.75, 3.05) is 6.54 Å². The third kappa shape index (κ3) is 3.81. The fraction of sp³-hybridized carbons (Fsp3) is 0.727. The number of carbonyl (C=O) groups is 1. The zero-order valence-electron chi connectivity index (χ0n) is 10.5. The smallest absolute Gasteiger partial charge is 0.240 e. The van der Waals surface area contributed by atoms with Gasteiger partial charge in [0.05, 0.1) is 11.7 Å². The van der Waals surface area contributed by atoms with E-state index in [1.165, 1.54) is 0 Å². The molecule has 96 valence electrons. The Morgan fingerprint density at radius 2 is 2.18 bits per heavy atom. The van der Waals surface area contributed by atoms with Crippen LogP contribution in [0.5, 0.6) is 0 Å². The summed E-state index contributed by atoms with van der Waals surface area (Å²) < 4.78 is 1.74. The standard InChI is InChI=1S/C11H21N5O/c1-3-11(12,4-2)10(17)13-6-5-8-16-9-7-14-15-16/h7,9H,3-6,8,12H2,1-2H3,(H,13,17). The largest absolute Gasteiger partial charge is 0.354 e. The first-order valence-electron chi connectivity index (χ1n) is 6.03. The lowest BCUT2D eigenvalue weighted by Crippen LogP contribution is -2.53. The van der Waals surface area contributed by atoms with Gasteiger partial charge in [-0.3, -0.25) is 9.48 Å². The molecule has 0 saturated carbocycles. The number of nitrogens with two attached hydrogens (primary N) is 1. The van der Waals surface area contributed by atoms with E-state index in [2.05, 4.69) is 15.6 Å². The number of nitrogens with zero attached hydrogens (tertiary/aromatic N) is 3. The van der Waals surface area contributed by atoms with E-state index in [0.717, 1.165) is 13.0 Å². The first kappa shape index (κ1) is 13.6. The highest BCUT2D eigenvalue weighted by Gasteiger charge is 2.29. The van der Waals surface area contributed by atoms with Crippen molar-refractivity contribution in [2.24, 2.45) is 5.73 Å². The van der Waals surface area contributed by atoms with Gasteiger partial charge in [0.1, 0.15) is 0 Å². The highest BCUT2D eigenvalue weighted by atomic mass is 16.2. The zero-order valence-corrected chi connectivity index (χ0v) is 10.5. The van der Waals surface area contributed by atoms with E-state index < -0.39 is 5.54 Å². The molecule has 0 bridgehead atoms. The van der Waals surface area contributed by atoms with Crippen LogP contribution in [0.1, 0.15) is 33.1 Å². The number of hydrogen-bond donors (Lipinski definition) is 2. The minimum atomic E-state index is -0.729. The van der Waals surface area contributed by atoms with Crippen LogP contribution in [-0.4, -0.2) is 33.0 Å². The summed E-state index contributed by atoms with van der Waals surface area (Å²) in [5.74, 6) is -0.0684. The SMILES string of the molecule is CCC(N)(CC)C(=O)NCCCn1ccnn1. The molecule has 0 unspecified atom stereocenters. The lowest BCUT2D eigenvalue weighted by Gasteiger charge is -2.25. The van der Waals surface area contributed by atoms with Gasteiger partial charge in [-0.05, 0) is 19.3 Å². The van der Waals surface area contributed by atoms with E-state index in [0.29, 0.717) is 19.4 Å². The van der Waals surface area contributed by atoms with E-state index in [1.54, 1.807) is 17.1 Å². The Balaban J connectivity index is 2.24. The molecule has 0 saturated heterocycles. The van der Waals surface area contributed by atoms with Crippen LogP contribution >= 0.6 is 0 Å². The van der Waals surface area contributed by atoms with Crippen LogP contribution in [0.4, 0.5) is 0 Å². The number of nitrogens with one attached hydrogen (secondary N) is 1. The molecular formula is C11H21N5O. The van der Waals surface area contributed by atoms with Gasteiger partial charge in [0.2, 0.25) is 5.91 Å². The van der Waals surface area contributed by atoms with Gasteiger partial charge in [0.15, 0.2) is 0 Å². The van der Waals surface area contributed by atoms with E-state index in [-0.39, 0.29) is 5.91 Å². The summed E-state index contributed by atoms with van der Waals surface area (Å²) in [6.45, 7) is 5.21. The van der Waals surface area contributed by atoms with Crippen LogP contribution in [0.25, 0.3) is 0 Å². The van der Waals surface area contributed by atoms with Gasteiger partial charge in [-0.25, -0.2) is 0 Å². The Bertz CT molecular complexity index is 332. The van der Waals surface area contributed by atoms with Crippen molar-refractivity contribution in [3.63, 3.8) is 0 Å². The van der Waals surface area contributed by atoms with Gasteiger partial charge < -0.3 is 11.1 Å². The lowest BCUT2D eigenvalue weighted by atomic mass is 9.93. The van der Waals surface area contributed by atoms with Crippen LogP contribution in [0.15, 0.2) is 12.4 Å². The fourth-order valence-corrected chi connectivity index (χ4v) is 1.54. The van der Waals surface area contributed by atoms with Crippen molar-refractivity contribution in [2.45, 2.75) is 45.2 Å². The maximum absolute atomic E-state index is 11.8. The molecule has 6 heteroatoms. The Kier molecular flexibility index (Phi) is 5.09. The predicted molar refractivity (Wildman–Crippen MR) is 65.1 cm³/mol. The summed E-state index contributed by atoms with van der Waals surface area (Å²) in [6, 6.07) is 0. The summed E-state index contributed by atoms with van der Waals surface area (Å²) in [5.41, 5.74) is 5.25. The normalized spacial score (nSPS) is 11.5. The molecular weight excluding hydrogens is 218 g/mol. The molecule has 0 aliphatic heterocycles. The second-order valence-corrected chi connectivity index (χ2v) is 4.14. The minimum Gasteiger partial charge on any atom is -0.354 e. The molecule has 0 aliphatic carbocycles. The second-order valence-electron chi connectivity index (χ2n) is 4.14. The Morgan fingerprint density at radius 1 is 1.47 bits per heavy atom. The number of hydrogen-bond acceptors (Lipinski definition) is 4. The molecule has 0 fully saturated rings. The molecule has 1 aromatic heterocycles. The molecule has 3 N–H and O–H groups in total. The minimum absolute atomic E-state index is 0.0684. The van der Waals surface area contributed by atoms with Gasteiger partial charge >= 0.3 is 0 Å². The van der Waals surface area contributed by atoms with Crippen molar-refractivity contribution in [3.05, 3.63) is 12.4 Å². The Morgan fingerprint density at radius 3 is 2.71 bits per heavy atom. The van der Waals surface area contributed by atoms with Crippen molar-refractivity contribution in [1.82, 2.24) is 20.3 Å². The van der Waals surface area contributed by atoms with Crippen LogP contribution in [-0.2, 0) is 11.3 Å². The van der Waals surface area contributed by atoms with Crippen LogP contribution in [0, 0.1) is 0 Å². The molecule has 0 aliphatic rings. The number of carbonyl (C=O) groups excluding carboxylic acids is 1. The predicted octanol–water partition coefficient (Wildman–Crippen LogP) is 0.302. The van der Waals surface area contributed by atoms with Crippen LogP contribution in [0.3, 0.4) is 0 Å². The topological polar surface area (TPSA) is 85.8 Å². The van der Waals surface area contributed by atoms with Gasteiger partial charge in [0.25, 0.3) is 0 Å². The molecule has 1 amide bonds. The summed E-state index contributed by atoms with van der Waals surface area (Å²) in [4.78, 5) is 11.8. The van der Waals surface area contributed by atoms with Crippen molar-refractivity contribution in [1.29, 1.82) is 0 Å². The van der Waals surface area contributed by atoms with E-state index >= 15 is 0 Å². The third-order valence-corrected chi connectivity index (χ3v) is 3.04. The average molecular weight is 239 g/mol. The van der Waals surface area contributed by atoms with Crippen molar-refractivity contribution < 1.29 is 4.79 Å². The highest BCUT2D eigenvalue weighted by Crippen LogP contribution is 2.10. The van der Waals surface area contributed by atoms with Crippen molar-refractivity contribution >= 4 is 5.91 Å². The number of rotatable bonds is 7. The summed E-state index contributed by atoms with van der Waals surface area (Å²) >= 11 is 0. The molecule has 0 atom stereocenters. The molecule has 0 aromatic carbocycles. The highest BCUT2D eigenvalue weighted by molar-refractivity contribution is 5.85. The molecule has 1 heterocycles. The maximum Gasteiger partial charge on any atom is 0.240 e. The van der Waals surface area contributed by atoms with Gasteiger partial charge in [-0.15, -0.1) is 5.10 Å². The first-order valence-corrected chi connectivity index (χ1v) is 6.03. The number of aromatic nitrogens is 3. The monoisotopic (exact) mass is 239 g/mol. The fourth-order valence-electron chi connectivity index (χ4n) is 1.54. The molecule has 1 rings (SSSR count). The van der Waals surface area contributed by atoms with Gasteiger partial charge in [-0.2, -0.15) is 0 Å². The lowest BCUT2D eigenvalue weighted by molar-refractivity contribution is -0.126. The van der Waals surface area contributed by atoms with Crippen LogP contribution in [0.2, 0.25) is 0 Å². The number of aryl methyl sites for hydroxylation is 1. The molecule has 0 spiro atoms. The zero-order chi connectivity index (χ0) is 12.7. The Hall–Kier alpha value is -1.43. The van der Waals surface area contributed by atoms with Gasteiger partial charge in [-0.1, -0.05) is 19.1 Å². The van der Waals surface area contributed by atoms with Crippen LogP contribution < -0.4 is 11.1 Å². The molecule has 6 nitrogen and oxygen atoms in total. The maximum atomic E-state index is 11.8. The summed E-state index contributed by atoms with van der Waals surface area (Å²) in [7, 11) is 0. The average Bonchev–Trinajstić information content (AvgIpc) is 2.86. The molecule has 0 radical (unpaired) electrons. The molecule has 1 aromatic rings. The molecule has 17 heavy (non-hydrogen) atoms. The first-order chi connectivity index (χ1) is 8.12. The number of amides is 1. The quantitative estimate of drug-likeness (QED) is 0.670. The Labute approximate surface area is 102 Å². The summed E-state index contributed by atoms with van der Waals surface area (Å²) in [6.07, 6.45) is 5.56. The third-order valence-electron chi connectivity index (χ3n) is 3.04. The van der Waals surface area contributed by atoms with Gasteiger partial charge in [0, 0.05) is 19.3 Å². The van der Waals surface area contributed by atoms with E-state index in [1.807, 2.05) is 13.8 Å². The van der Waals surface area contributed by atoms with E-state index in [4.69, 9.17) is 5.73 Å². The van der Waals surface area contributed by atoms with Crippen molar-refractivity contribution in [3.8, 4) is 0 Å². The van der Waals surface area contributed by atoms with E-state index in [9.17, 15) is 4.79 Å².